The van der Waals surface area contributed by atoms with Crippen LogP contribution in [0.1, 0.15) is 13.8 Å². The zero-order valence-electron chi connectivity index (χ0n) is 11.0. The lowest BCUT2D eigenvalue weighted by Crippen LogP contribution is -2.48. The number of nitrogens with one attached hydrogen (secondary N) is 2. The molecule has 0 saturated heterocycles. The Morgan fingerprint density at radius 1 is 1.15 bits per heavy atom. The molecule has 0 aliphatic rings. The summed E-state index contributed by atoms with van der Waals surface area (Å²) in [7, 11) is -5.34. The predicted molar refractivity (Wildman–Crippen MR) is 69.5 cm³/mol. The lowest BCUT2D eigenvalue weighted by Gasteiger charge is -2.25. The van der Waals surface area contributed by atoms with E-state index in [1.54, 1.807) is 13.8 Å². The van der Waals surface area contributed by atoms with Gasteiger partial charge in [0.15, 0.2) is 0 Å². The van der Waals surface area contributed by atoms with Crippen molar-refractivity contribution >= 4 is 15.5 Å². The van der Waals surface area contributed by atoms with Crippen LogP contribution in [0.15, 0.2) is 29.2 Å². The van der Waals surface area contributed by atoms with Gasteiger partial charge in [-0.05, 0) is 18.2 Å². The molecule has 0 spiro atoms. The molecule has 0 radical (unpaired) electrons. The number of anilines is 1. The topological polar surface area (TPSA) is 61.4 Å². The summed E-state index contributed by atoms with van der Waals surface area (Å²) in [6.45, 7) is 4.65. The molecule has 0 amide bonds. The summed E-state index contributed by atoms with van der Waals surface area (Å²) in [4.78, 5) is -0.789. The minimum atomic E-state index is -5.34. The third kappa shape index (κ3) is 3.62. The van der Waals surface area contributed by atoms with E-state index in [0.29, 0.717) is 13.1 Å². The first-order valence-corrected chi connectivity index (χ1v) is 7.41. The van der Waals surface area contributed by atoms with Gasteiger partial charge in [-0.3, -0.25) is 0 Å². The average molecular weight is 311 g/mol. The Morgan fingerprint density at radius 2 is 1.70 bits per heavy atom. The van der Waals surface area contributed by atoms with Crippen LogP contribution in [0.2, 0.25) is 0 Å². The van der Waals surface area contributed by atoms with Crippen molar-refractivity contribution in [2.75, 3.05) is 18.2 Å². The van der Waals surface area contributed by atoms with Gasteiger partial charge in [0.2, 0.25) is 0 Å². The third-order valence-corrected chi connectivity index (χ3v) is 3.81. The smallest absolute Gasteiger partial charge is 0.242 e. The first kappa shape index (κ1) is 16.7. The van der Waals surface area contributed by atoms with Crippen LogP contribution in [-0.4, -0.2) is 27.0 Å². The normalized spacial score (nSPS) is 12.4. The molecule has 0 aliphatic carbocycles. The van der Waals surface area contributed by atoms with Crippen LogP contribution in [0.4, 0.5) is 18.9 Å². The zero-order valence-corrected chi connectivity index (χ0v) is 11.8. The number of alkyl halides is 3. The number of rotatable bonds is 6. The number of hydrazine groups is 2. The van der Waals surface area contributed by atoms with Crippen molar-refractivity contribution in [2.24, 2.45) is 0 Å². The Kier molecular flexibility index (Phi) is 5.37. The van der Waals surface area contributed by atoms with Crippen LogP contribution >= 0.6 is 0 Å². The Morgan fingerprint density at radius 3 is 2.15 bits per heavy atom. The maximum atomic E-state index is 12.5. The molecule has 1 rings (SSSR count). The molecule has 2 N–H and O–H groups in total. The van der Waals surface area contributed by atoms with Crippen LogP contribution in [0, 0.1) is 0 Å². The van der Waals surface area contributed by atoms with E-state index in [2.05, 4.69) is 10.9 Å². The second kappa shape index (κ2) is 6.42. The van der Waals surface area contributed by atoms with Crippen LogP contribution < -0.4 is 16.0 Å². The van der Waals surface area contributed by atoms with E-state index in [-0.39, 0.29) is 5.69 Å². The maximum absolute atomic E-state index is 12.5. The van der Waals surface area contributed by atoms with Crippen molar-refractivity contribution in [3.8, 4) is 0 Å². The largest absolute Gasteiger partial charge is 0.501 e. The molecular formula is C11H16F3N3O2S. The van der Waals surface area contributed by atoms with Gasteiger partial charge in [0.1, 0.15) is 0 Å². The van der Waals surface area contributed by atoms with Gasteiger partial charge in [-0.15, -0.1) is 0 Å². The molecule has 0 saturated carbocycles. The van der Waals surface area contributed by atoms with E-state index in [9.17, 15) is 21.6 Å². The van der Waals surface area contributed by atoms with Gasteiger partial charge in [0, 0.05) is 13.1 Å². The fourth-order valence-electron chi connectivity index (χ4n) is 1.48. The van der Waals surface area contributed by atoms with E-state index >= 15 is 0 Å². The molecule has 0 fully saturated rings. The lowest BCUT2D eigenvalue weighted by atomic mass is 10.3. The molecule has 0 heterocycles. The number of halogens is 3. The molecule has 5 nitrogen and oxygen atoms in total. The monoisotopic (exact) mass is 311 g/mol. The van der Waals surface area contributed by atoms with E-state index in [1.807, 2.05) is 0 Å². The third-order valence-electron chi connectivity index (χ3n) is 2.32. The highest BCUT2D eigenvalue weighted by Crippen LogP contribution is 2.31. The second-order valence-corrected chi connectivity index (χ2v) is 5.75. The van der Waals surface area contributed by atoms with Gasteiger partial charge in [-0.1, -0.05) is 19.9 Å². The molecule has 9 heteroatoms. The van der Waals surface area contributed by atoms with E-state index in [4.69, 9.17) is 0 Å². The molecule has 1 aromatic carbocycles. The van der Waals surface area contributed by atoms with Gasteiger partial charge < -0.3 is 0 Å². The van der Waals surface area contributed by atoms with Gasteiger partial charge in [-0.25, -0.2) is 24.4 Å². The highest BCUT2D eigenvalue weighted by Gasteiger charge is 2.46. The van der Waals surface area contributed by atoms with E-state index in [1.165, 1.54) is 17.3 Å². The number of hydrogen-bond donors (Lipinski definition) is 2. The molecule has 0 atom stereocenters. The van der Waals surface area contributed by atoms with E-state index < -0.39 is 20.2 Å². The van der Waals surface area contributed by atoms with E-state index in [0.717, 1.165) is 12.1 Å². The summed E-state index contributed by atoms with van der Waals surface area (Å²) in [5.74, 6) is 0. The zero-order chi connectivity index (χ0) is 15.4. The van der Waals surface area contributed by atoms with Crippen molar-refractivity contribution in [1.82, 2.24) is 10.9 Å². The Balaban J connectivity index is 3.19. The summed E-state index contributed by atoms with van der Waals surface area (Å²) < 4.78 is 60.3. The van der Waals surface area contributed by atoms with Crippen molar-refractivity contribution in [3.63, 3.8) is 0 Å². The number of benzene rings is 1. The van der Waals surface area contributed by atoms with Crippen LogP contribution in [0.3, 0.4) is 0 Å². The summed E-state index contributed by atoms with van der Waals surface area (Å²) in [6, 6.07) is 4.65. The number of hydrogen-bond acceptors (Lipinski definition) is 5. The summed E-state index contributed by atoms with van der Waals surface area (Å²) in [5, 5.41) is 1.38. The maximum Gasteiger partial charge on any atom is 0.501 e. The molecule has 0 aliphatic heterocycles. The molecule has 20 heavy (non-hydrogen) atoms. The quantitative estimate of drug-likeness (QED) is 0.785. The fraction of sp³-hybridized carbons (Fsp3) is 0.455. The van der Waals surface area contributed by atoms with Gasteiger partial charge in [-0.2, -0.15) is 13.2 Å². The van der Waals surface area contributed by atoms with Crippen molar-refractivity contribution in [3.05, 3.63) is 24.3 Å². The molecule has 0 unspecified atom stereocenters. The standard InChI is InChI=1S/C11H16F3N3O2S/c1-3-15-17(16-4-2)9-6-5-7-10(8-9)20(18,19)11(12,13)14/h5-8,15-16H,3-4H2,1-2H3. The van der Waals surface area contributed by atoms with Crippen LogP contribution in [0.25, 0.3) is 0 Å². The second-order valence-electron chi connectivity index (χ2n) is 3.81. The molecule has 114 valence electrons. The minimum Gasteiger partial charge on any atom is -0.242 e. The van der Waals surface area contributed by atoms with Crippen LogP contribution in [-0.2, 0) is 9.84 Å². The molecule has 0 aromatic heterocycles. The fourth-order valence-corrected chi connectivity index (χ4v) is 2.28. The highest BCUT2D eigenvalue weighted by atomic mass is 32.2. The van der Waals surface area contributed by atoms with Crippen LogP contribution in [0.5, 0.6) is 0 Å². The molecule has 0 bridgehead atoms. The molecule has 1 aromatic rings. The SMILES string of the molecule is CCNN(NCC)c1cccc(S(=O)(=O)C(F)(F)F)c1. The summed E-state index contributed by atoms with van der Waals surface area (Å²) in [6.07, 6.45) is 0. The van der Waals surface area contributed by atoms with Crippen molar-refractivity contribution in [1.29, 1.82) is 0 Å². The first-order valence-electron chi connectivity index (χ1n) is 5.92. The average Bonchev–Trinajstić information content (AvgIpc) is 2.37. The molecular weight excluding hydrogens is 295 g/mol. The van der Waals surface area contributed by atoms with Gasteiger partial charge in [0.25, 0.3) is 9.84 Å². The lowest BCUT2D eigenvalue weighted by molar-refractivity contribution is -0.0436. The Labute approximate surface area is 115 Å². The highest BCUT2D eigenvalue weighted by molar-refractivity contribution is 7.92. The van der Waals surface area contributed by atoms with Gasteiger partial charge >= 0.3 is 5.51 Å². The summed E-state index contributed by atoms with van der Waals surface area (Å²) in [5.41, 5.74) is 0.691. The Hall–Kier alpha value is -1.32. The van der Waals surface area contributed by atoms with Gasteiger partial charge in [0.05, 0.1) is 10.6 Å². The summed E-state index contributed by atoms with van der Waals surface area (Å²) >= 11 is 0. The predicted octanol–water partition coefficient (Wildman–Crippen LogP) is 1.84. The first-order chi connectivity index (χ1) is 9.24. The number of nitrogens with zero attached hydrogens (tertiary/aromatic N) is 1. The van der Waals surface area contributed by atoms with Crippen molar-refractivity contribution < 1.29 is 21.6 Å². The minimum absolute atomic E-state index is 0.277. The number of sulfone groups is 1. The Bertz CT molecular complexity index is 540. The van der Waals surface area contributed by atoms with Crippen molar-refractivity contribution in [2.45, 2.75) is 24.3 Å².